The van der Waals surface area contributed by atoms with Gasteiger partial charge in [0.05, 0.1) is 23.6 Å². The first-order valence-electron chi connectivity index (χ1n) is 17.1. The SMILES string of the molecule is CC(C)(C)OC(=O)N1CC(N2CCOCC2)C[C@H]1C(=O)N[C@@H](CCC(Cc1ccccc1)NC(=O)OCc1cncs1)Cc1ccccc1. The molecule has 3 heterocycles. The van der Waals surface area contributed by atoms with Crippen LogP contribution in [0.25, 0.3) is 0 Å². The minimum Gasteiger partial charge on any atom is -0.444 e. The van der Waals surface area contributed by atoms with Crippen molar-refractivity contribution in [1.82, 2.24) is 25.4 Å². The number of carbonyl (C=O) groups is 3. The smallest absolute Gasteiger partial charge is 0.411 e. The zero-order valence-electron chi connectivity index (χ0n) is 28.7. The zero-order chi connectivity index (χ0) is 34.6. The molecule has 2 unspecified atom stereocenters. The predicted molar refractivity (Wildman–Crippen MR) is 188 cm³/mol. The molecule has 2 N–H and O–H groups in total. The molecule has 0 radical (unpaired) electrons. The van der Waals surface area contributed by atoms with Crippen LogP contribution in [0.15, 0.2) is 72.4 Å². The van der Waals surface area contributed by atoms with Crippen molar-refractivity contribution in [2.45, 2.75) is 89.3 Å². The van der Waals surface area contributed by atoms with Crippen LogP contribution in [0.5, 0.6) is 0 Å². The van der Waals surface area contributed by atoms with Crippen molar-refractivity contribution >= 4 is 29.4 Å². The average molecular weight is 692 g/mol. The average Bonchev–Trinajstić information content (AvgIpc) is 3.78. The van der Waals surface area contributed by atoms with Crippen LogP contribution in [0, 0.1) is 0 Å². The fourth-order valence-corrected chi connectivity index (χ4v) is 6.90. The van der Waals surface area contributed by atoms with E-state index in [0.29, 0.717) is 51.9 Å². The van der Waals surface area contributed by atoms with Crippen LogP contribution in [0.3, 0.4) is 0 Å². The van der Waals surface area contributed by atoms with Gasteiger partial charge in [-0.1, -0.05) is 60.7 Å². The van der Waals surface area contributed by atoms with Crippen molar-refractivity contribution in [3.8, 4) is 0 Å². The zero-order valence-corrected chi connectivity index (χ0v) is 29.5. The Balaban J connectivity index is 1.30. The number of morpholine rings is 1. The topological polar surface area (TPSA) is 122 Å². The largest absolute Gasteiger partial charge is 0.444 e. The molecule has 12 heteroatoms. The number of nitrogens with zero attached hydrogens (tertiary/aromatic N) is 3. The number of likely N-dealkylation sites (tertiary alicyclic amines) is 1. The number of nitrogens with one attached hydrogen (secondary N) is 2. The molecule has 2 saturated heterocycles. The highest BCUT2D eigenvalue weighted by Crippen LogP contribution is 2.26. The second-order valence-electron chi connectivity index (χ2n) is 13.7. The van der Waals surface area contributed by atoms with E-state index in [4.69, 9.17) is 14.2 Å². The fourth-order valence-electron chi connectivity index (χ4n) is 6.40. The second-order valence-corrected chi connectivity index (χ2v) is 14.7. The molecule has 2 aromatic carbocycles. The van der Waals surface area contributed by atoms with Crippen molar-refractivity contribution < 1.29 is 28.6 Å². The highest BCUT2D eigenvalue weighted by molar-refractivity contribution is 7.09. The molecule has 4 atom stereocenters. The fraction of sp³-hybridized carbons (Fsp3) is 0.514. The summed E-state index contributed by atoms with van der Waals surface area (Å²) >= 11 is 1.43. The molecular formula is C37H49N5O6S. The van der Waals surface area contributed by atoms with Gasteiger partial charge in [0, 0.05) is 44.0 Å². The number of thiazole rings is 1. The summed E-state index contributed by atoms with van der Waals surface area (Å²) in [5.41, 5.74) is 3.20. The summed E-state index contributed by atoms with van der Waals surface area (Å²) in [5.74, 6) is -0.195. The molecule has 2 aliphatic heterocycles. The Morgan fingerprint density at radius 3 is 2.12 bits per heavy atom. The van der Waals surface area contributed by atoms with Crippen LogP contribution in [0.1, 0.15) is 56.0 Å². The molecule has 0 aliphatic carbocycles. The number of aromatic nitrogens is 1. The lowest BCUT2D eigenvalue weighted by molar-refractivity contribution is -0.126. The molecule has 0 saturated carbocycles. The highest BCUT2D eigenvalue weighted by atomic mass is 32.1. The summed E-state index contributed by atoms with van der Waals surface area (Å²) in [5, 5.41) is 6.38. The van der Waals surface area contributed by atoms with Crippen molar-refractivity contribution in [3.63, 3.8) is 0 Å². The van der Waals surface area contributed by atoms with E-state index in [1.54, 1.807) is 16.6 Å². The lowest BCUT2D eigenvalue weighted by atomic mass is 9.95. The maximum Gasteiger partial charge on any atom is 0.411 e. The molecule has 1 aromatic heterocycles. The summed E-state index contributed by atoms with van der Waals surface area (Å²) in [6, 6.07) is 18.9. The standard InChI is InChI=1S/C37H49N5O6S/c1-37(2,3)48-36(45)42-24-31(41-16-18-46-19-17-41)22-33(42)34(43)39-29(20-27-10-6-4-7-11-27)14-15-30(21-28-12-8-5-9-13-28)40-35(44)47-25-32-23-38-26-49-32/h4-13,23,26,29-31,33H,14-22,24-25H2,1-3H3,(H,39,43)(H,40,44)/t29-,30?,31?,33-/m0/s1. The Morgan fingerprint density at radius 1 is 0.939 bits per heavy atom. The van der Waals surface area contributed by atoms with Gasteiger partial charge in [-0.3, -0.25) is 19.6 Å². The summed E-state index contributed by atoms with van der Waals surface area (Å²) in [4.78, 5) is 49.3. The van der Waals surface area contributed by atoms with E-state index in [-0.39, 0.29) is 30.6 Å². The third kappa shape index (κ3) is 11.5. The summed E-state index contributed by atoms with van der Waals surface area (Å²) in [7, 11) is 0. The van der Waals surface area contributed by atoms with Gasteiger partial charge in [-0.25, -0.2) is 9.59 Å². The predicted octanol–water partition coefficient (Wildman–Crippen LogP) is 5.20. The van der Waals surface area contributed by atoms with E-state index in [1.807, 2.05) is 81.4 Å². The van der Waals surface area contributed by atoms with Gasteiger partial charge in [-0.05, 0) is 64.0 Å². The number of benzene rings is 2. The van der Waals surface area contributed by atoms with Crippen LogP contribution >= 0.6 is 11.3 Å². The first-order chi connectivity index (χ1) is 23.6. The van der Waals surface area contributed by atoms with Gasteiger partial charge in [-0.2, -0.15) is 0 Å². The normalized spacial score (nSPS) is 19.5. The van der Waals surface area contributed by atoms with Crippen molar-refractivity contribution in [2.75, 3.05) is 32.8 Å². The minimum absolute atomic E-state index is 0.0372. The van der Waals surface area contributed by atoms with Gasteiger partial charge < -0.3 is 24.8 Å². The molecule has 49 heavy (non-hydrogen) atoms. The third-order valence-corrected chi connectivity index (χ3v) is 9.54. The van der Waals surface area contributed by atoms with Gasteiger partial charge in [0.25, 0.3) is 0 Å². The molecule has 3 aromatic rings. The monoisotopic (exact) mass is 691 g/mol. The van der Waals surface area contributed by atoms with E-state index in [0.717, 1.165) is 29.1 Å². The molecule has 2 fully saturated rings. The number of alkyl carbamates (subject to hydrolysis) is 1. The summed E-state index contributed by atoms with van der Waals surface area (Å²) < 4.78 is 16.8. The summed E-state index contributed by atoms with van der Waals surface area (Å²) in [6.45, 7) is 8.87. The van der Waals surface area contributed by atoms with E-state index in [2.05, 4.69) is 20.5 Å². The number of carbonyl (C=O) groups excluding carboxylic acids is 3. The lowest BCUT2D eigenvalue weighted by Gasteiger charge is -2.32. The number of rotatable bonds is 13. The third-order valence-electron chi connectivity index (χ3n) is 8.78. The Morgan fingerprint density at radius 2 is 1.55 bits per heavy atom. The van der Waals surface area contributed by atoms with Crippen LogP contribution < -0.4 is 10.6 Å². The quantitative estimate of drug-likeness (QED) is 0.251. The van der Waals surface area contributed by atoms with Gasteiger partial charge >= 0.3 is 12.2 Å². The van der Waals surface area contributed by atoms with Crippen molar-refractivity contribution in [2.24, 2.45) is 0 Å². The number of hydrogen-bond donors (Lipinski definition) is 2. The Labute approximate surface area is 293 Å². The van der Waals surface area contributed by atoms with Crippen LogP contribution in [-0.2, 0) is 38.5 Å². The molecule has 3 amide bonds. The van der Waals surface area contributed by atoms with Crippen LogP contribution in [0.2, 0.25) is 0 Å². The maximum atomic E-state index is 14.2. The Hall–Kier alpha value is -4.00. The summed E-state index contributed by atoms with van der Waals surface area (Å²) in [6.07, 6.45) is 3.64. The maximum absolute atomic E-state index is 14.2. The van der Waals surface area contributed by atoms with E-state index >= 15 is 0 Å². The van der Waals surface area contributed by atoms with E-state index in [9.17, 15) is 14.4 Å². The Kier molecular flexibility index (Phi) is 13.0. The molecule has 0 bridgehead atoms. The molecule has 0 spiro atoms. The molecule has 11 nitrogen and oxygen atoms in total. The van der Waals surface area contributed by atoms with E-state index < -0.39 is 23.8 Å². The van der Waals surface area contributed by atoms with Gasteiger partial charge in [-0.15, -0.1) is 11.3 Å². The van der Waals surface area contributed by atoms with Gasteiger partial charge in [0.15, 0.2) is 0 Å². The van der Waals surface area contributed by atoms with E-state index in [1.165, 1.54) is 11.3 Å². The first kappa shape index (κ1) is 36.3. The first-order valence-corrected chi connectivity index (χ1v) is 18.0. The highest BCUT2D eigenvalue weighted by Gasteiger charge is 2.44. The minimum atomic E-state index is -0.687. The van der Waals surface area contributed by atoms with Crippen LogP contribution in [-0.4, -0.2) is 95.5 Å². The molecular weight excluding hydrogens is 643 g/mol. The number of hydrogen-bond acceptors (Lipinski definition) is 9. The molecule has 264 valence electrons. The Bertz CT molecular complexity index is 1460. The second kappa shape index (κ2) is 17.6. The van der Waals surface area contributed by atoms with Crippen molar-refractivity contribution in [3.05, 3.63) is 88.4 Å². The van der Waals surface area contributed by atoms with Crippen molar-refractivity contribution in [1.29, 1.82) is 0 Å². The number of ether oxygens (including phenoxy) is 3. The molecule has 5 rings (SSSR count). The molecule has 2 aliphatic rings. The lowest BCUT2D eigenvalue weighted by Crippen LogP contribution is -2.50. The van der Waals surface area contributed by atoms with Crippen LogP contribution in [0.4, 0.5) is 9.59 Å². The number of amides is 3. The van der Waals surface area contributed by atoms with Gasteiger partial charge in [0.2, 0.25) is 5.91 Å². The van der Waals surface area contributed by atoms with Gasteiger partial charge in [0.1, 0.15) is 18.2 Å².